The zero-order chi connectivity index (χ0) is 20.0. The van der Waals surface area contributed by atoms with Crippen molar-refractivity contribution in [2.45, 2.75) is 19.3 Å². The molecule has 1 amide bonds. The molecule has 1 aromatic carbocycles. The van der Waals surface area contributed by atoms with E-state index in [0.29, 0.717) is 51.0 Å². The number of nitrogens with zero attached hydrogens (tertiary/aromatic N) is 1. The predicted molar refractivity (Wildman–Crippen MR) is 114 cm³/mol. The normalized spacial score (nSPS) is 29.0. The van der Waals surface area contributed by atoms with Gasteiger partial charge in [-0.1, -0.05) is 11.6 Å². The van der Waals surface area contributed by atoms with Gasteiger partial charge in [0, 0.05) is 37.9 Å². The van der Waals surface area contributed by atoms with Crippen LogP contribution < -0.4 is 16.4 Å². The van der Waals surface area contributed by atoms with Crippen LogP contribution in [0.3, 0.4) is 0 Å². The van der Waals surface area contributed by atoms with Crippen LogP contribution in [0, 0.1) is 23.2 Å². The van der Waals surface area contributed by atoms with Crippen LogP contribution in [0.1, 0.15) is 29.6 Å². The number of anilines is 1. The number of carbonyl (C=O) groups is 1. The molecule has 0 bridgehead atoms. The van der Waals surface area contributed by atoms with Gasteiger partial charge in [-0.3, -0.25) is 9.78 Å². The average Bonchev–Trinajstić information content (AvgIpc) is 3.10. The number of pyridine rings is 1. The Morgan fingerprint density at radius 1 is 1.41 bits per heavy atom. The van der Waals surface area contributed by atoms with Crippen molar-refractivity contribution < 1.29 is 9.53 Å². The molecule has 29 heavy (non-hydrogen) atoms. The molecular weight excluding hydrogens is 388 g/mol. The van der Waals surface area contributed by atoms with Crippen LogP contribution in [0.25, 0.3) is 10.9 Å². The van der Waals surface area contributed by atoms with Crippen LogP contribution in [0.15, 0.2) is 24.4 Å². The largest absolute Gasteiger partial charge is 0.397 e. The third kappa shape index (κ3) is 3.27. The van der Waals surface area contributed by atoms with Crippen molar-refractivity contribution in [3.05, 3.63) is 35.0 Å². The fraction of sp³-hybridized carbons (Fsp3) is 0.545. The Morgan fingerprint density at radius 3 is 3.07 bits per heavy atom. The van der Waals surface area contributed by atoms with Crippen LogP contribution in [0.5, 0.6) is 0 Å². The molecule has 2 aliphatic heterocycles. The molecule has 0 radical (unpaired) electrons. The molecule has 2 aromatic rings. The van der Waals surface area contributed by atoms with Crippen molar-refractivity contribution in [2.24, 2.45) is 23.2 Å². The number of nitrogen functional groups attached to an aromatic ring is 1. The molecule has 4 N–H and O–H groups in total. The van der Waals surface area contributed by atoms with Crippen LogP contribution in [-0.4, -0.2) is 43.7 Å². The van der Waals surface area contributed by atoms with Gasteiger partial charge in [0.15, 0.2) is 0 Å². The number of benzene rings is 1. The first-order chi connectivity index (χ1) is 14.1. The molecular formula is C22H27ClN4O2. The Hall–Kier alpha value is -1.89. The van der Waals surface area contributed by atoms with E-state index in [-0.39, 0.29) is 5.91 Å². The lowest BCUT2D eigenvalue weighted by Gasteiger charge is -2.26. The molecule has 3 unspecified atom stereocenters. The van der Waals surface area contributed by atoms with Crippen LogP contribution >= 0.6 is 11.6 Å². The van der Waals surface area contributed by atoms with Crippen molar-refractivity contribution in [2.75, 3.05) is 38.6 Å². The summed E-state index contributed by atoms with van der Waals surface area (Å²) in [7, 11) is 0. The number of nitrogens with two attached hydrogens (primary N) is 1. The van der Waals surface area contributed by atoms with Gasteiger partial charge < -0.3 is 21.1 Å². The second kappa shape index (κ2) is 7.42. The Balaban J connectivity index is 1.29. The first-order valence-electron chi connectivity index (χ1n) is 10.5. The minimum Gasteiger partial charge on any atom is -0.397 e. The van der Waals surface area contributed by atoms with Gasteiger partial charge in [-0.15, -0.1) is 0 Å². The Kier molecular flexibility index (Phi) is 4.88. The molecule has 6 nitrogen and oxygen atoms in total. The highest BCUT2D eigenvalue weighted by Gasteiger charge is 2.66. The van der Waals surface area contributed by atoms with Gasteiger partial charge in [0.25, 0.3) is 5.91 Å². The van der Waals surface area contributed by atoms with Crippen molar-refractivity contribution in [1.29, 1.82) is 0 Å². The second-order valence-electron chi connectivity index (χ2n) is 8.77. The number of hydrogen-bond donors (Lipinski definition) is 3. The first kappa shape index (κ1) is 19.1. The van der Waals surface area contributed by atoms with Gasteiger partial charge in [-0.05, 0) is 67.2 Å². The lowest BCUT2D eigenvalue weighted by Crippen LogP contribution is -2.32. The Bertz CT molecular complexity index is 946. The van der Waals surface area contributed by atoms with Crippen LogP contribution in [0.4, 0.5) is 5.69 Å². The number of aromatic nitrogens is 1. The monoisotopic (exact) mass is 414 g/mol. The van der Waals surface area contributed by atoms with Crippen molar-refractivity contribution in [3.63, 3.8) is 0 Å². The summed E-state index contributed by atoms with van der Waals surface area (Å²) < 4.78 is 5.52. The number of carbonyl (C=O) groups excluding carboxylic acids is 1. The van der Waals surface area contributed by atoms with E-state index in [1.54, 1.807) is 18.3 Å². The van der Waals surface area contributed by atoms with Gasteiger partial charge >= 0.3 is 0 Å². The SMILES string of the molecule is Nc1c(Cl)cc(C(=O)NCC2C3CNCC32CC2CCOCC2)c2ncccc12. The number of piperidine rings is 1. The zero-order valence-electron chi connectivity index (χ0n) is 16.4. The lowest BCUT2D eigenvalue weighted by molar-refractivity contribution is 0.0561. The van der Waals surface area contributed by atoms with E-state index in [1.165, 1.54) is 6.42 Å². The molecule has 154 valence electrons. The van der Waals surface area contributed by atoms with Gasteiger partial charge in [0.1, 0.15) is 0 Å². The van der Waals surface area contributed by atoms with Crippen LogP contribution in [-0.2, 0) is 4.74 Å². The maximum atomic E-state index is 13.0. The van der Waals surface area contributed by atoms with Crippen molar-refractivity contribution in [3.8, 4) is 0 Å². The summed E-state index contributed by atoms with van der Waals surface area (Å²) in [4.78, 5) is 17.4. The maximum Gasteiger partial charge on any atom is 0.253 e. The molecule has 5 rings (SSSR count). The van der Waals surface area contributed by atoms with E-state index in [1.807, 2.05) is 6.07 Å². The molecule has 3 atom stereocenters. The number of halogens is 1. The number of nitrogens with one attached hydrogen (secondary N) is 2. The number of hydrogen-bond acceptors (Lipinski definition) is 5. The number of amides is 1. The summed E-state index contributed by atoms with van der Waals surface area (Å²) in [5, 5.41) is 7.82. The number of fused-ring (bicyclic) bond motifs is 2. The maximum absolute atomic E-state index is 13.0. The molecule has 1 saturated carbocycles. The molecule has 3 aliphatic rings. The van der Waals surface area contributed by atoms with E-state index in [4.69, 9.17) is 22.1 Å². The number of rotatable bonds is 5. The molecule has 3 heterocycles. The fourth-order valence-corrected chi connectivity index (χ4v) is 5.87. The van der Waals surface area contributed by atoms with Gasteiger partial charge in [-0.25, -0.2) is 0 Å². The fourth-order valence-electron chi connectivity index (χ4n) is 5.66. The highest BCUT2D eigenvalue weighted by Crippen LogP contribution is 2.64. The molecule has 0 spiro atoms. The van der Waals surface area contributed by atoms with E-state index in [2.05, 4.69) is 15.6 Å². The third-order valence-corrected chi connectivity index (χ3v) is 7.60. The Labute approximate surface area is 175 Å². The summed E-state index contributed by atoms with van der Waals surface area (Å²) in [6.45, 7) is 4.59. The highest BCUT2D eigenvalue weighted by atomic mass is 35.5. The van der Waals surface area contributed by atoms with Gasteiger partial charge in [0.05, 0.1) is 21.8 Å². The molecule has 2 saturated heterocycles. The predicted octanol–water partition coefficient (Wildman–Crippen LogP) is 2.85. The van der Waals surface area contributed by atoms with E-state index >= 15 is 0 Å². The smallest absolute Gasteiger partial charge is 0.253 e. The lowest BCUT2D eigenvalue weighted by atomic mass is 9.85. The second-order valence-corrected chi connectivity index (χ2v) is 9.17. The van der Waals surface area contributed by atoms with Crippen molar-refractivity contribution >= 4 is 34.1 Å². The van der Waals surface area contributed by atoms with Crippen LogP contribution in [0.2, 0.25) is 5.02 Å². The molecule has 1 aromatic heterocycles. The minimum atomic E-state index is -0.130. The average molecular weight is 415 g/mol. The summed E-state index contributed by atoms with van der Waals surface area (Å²) in [6.07, 6.45) is 5.24. The van der Waals surface area contributed by atoms with Gasteiger partial charge in [-0.2, -0.15) is 0 Å². The molecule has 3 fully saturated rings. The van der Waals surface area contributed by atoms with E-state index in [9.17, 15) is 4.79 Å². The first-order valence-corrected chi connectivity index (χ1v) is 10.9. The zero-order valence-corrected chi connectivity index (χ0v) is 17.2. The topological polar surface area (TPSA) is 89.3 Å². The number of ether oxygens (including phenoxy) is 1. The summed E-state index contributed by atoms with van der Waals surface area (Å²) >= 11 is 6.27. The standard InChI is InChI=1S/C22H27ClN4O2/c23-18-8-15(20-14(19(18)24)2-1-5-26-20)21(28)27-11-17-16-10-25-12-22(16,17)9-13-3-6-29-7-4-13/h1-2,5,8,13,16-17,25H,3-4,6-7,9-12,24H2,(H,27,28). The summed E-state index contributed by atoms with van der Waals surface area (Å²) in [5.74, 6) is 1.82. The van der Waals surface area contributed by atoms with E-state index in [0.717, 1.165) is 45.1 Å². The van der Waals surface area contributed by atoms with Crippen molar-refractivity contribution in [1.82, 2.24) is 15.6 Å². The molecule has 7 heteroatoms. The summed E-state index contributed by atoms with van der Waals surface area (Å²) in [5.41, 5.74) is 7.96. The minimum absolute atomic E-state index is 0.130. The van der Waals surface area contributed by atoms with E-state index < -0.39 is 0 Å². The Morgan fingerprint density at radius 2 is 2.24 bits per heavy atom. The summed E-state index contributed by atoms with van der Waals surface area (Å²) in [6, 6.07) is 5.28. The third-order valence-electron chi connectivity index (χ3n) is 7.29. The molecule has 1 aliphatic carbocycles. The quantitative estimate of drug-likeness (QED) is 0.654. The van der Waals surface area contributed by atoms with Gasteiger partial charge in [0.2, 0.25) is 0 Å². The highest BCUT2D eigenvalue weighted by molar-refractivity contribution is 6.35.